The van der Waals surface area contributed by atoms with E-state index >= 15 is 0 Å². The van der Waals surface area contributed by atoms with Gasteiger partial charge in [0.15, 0.2) is 11.5 Å². The summed E-state index contributed by atoms with van der Waals surface area (Å²) in [6.45, 7) is 2.17. The van der Waals surface area contributed by atoms with Gasteiger partial charge >= 0.3 is 5.69 Å². The summed E-state index contributed by atoms with van der Waals surface area (Å²) in [7, 11) is 0. The Morgan fingerprint density at radius 3 is 2.45 bits per heavy atom. The molecule has 170 valence electrons. The van der Waals surface area contributed by atoms with Gasteiger partial charge in [-0.2, -0.15) is 0 Å². The molecule has 0 radical (unpaired) electrons. The number of aromatic nitrogens is 2. The number of nitrogens with one attached hydrogen (secondary N) is 1. The highest BCUT2D eigenvalue weighted by atomic mass is 16.7. The van der Waals surface area contributed by atoms with Crippen LogP contribution in [0.5, 0.6) is 17.2 Å². The molecule has 2 N–H and O–H groups in total. The molecule has 0 aliphatic carbocycles. The number of hydrogen-bond acceptors (Lipinski definition) is 7. The molecule has 0 saturated carbocycles. The first-order valence-electron chi connectivity index (χ1n) is 10.5. The number of nitrogens with zero attached hydrogens (tertiary/aromatic N) is 3. The fraction of sp³-hybridized carbons (Fsp3) is 0.261. The third-order valence-electron chi connectivity index (χ3n) is 5.85. The maximum atomic E-state index is 13.1. The van der Waals surface area contributed by atoms with Crippen molar-refractivity contribution in [1.29, 1.82) is 0 Å². The minimum atomic E-state index is -0.637. The van der Waals surface area contributed by atoms with Gasteiger partial charge in [0.2, 0.25) is 6.79 Å². The molecule has 0 spiro atoms. The van der Waals surface area contributed by atoms with E-state index in [1.807, 2.05) is 12.1 Å². The molecular formula is C23H22N4O6. The predicted molar refractivity (Wildman–Crippen MR) is 119 cm³/mol. The zero-order valence-electron chi connectivity index (χ0n) is 17.7. The molecule has 1 saturated heterocycles. The highest BCUT2D eigenvalue weighted by Gasteiger charge is 2.25. The number of carbonyl (C=O) groups is 1. The Bertz CT molecular complexity index is 1310. The fourth-order valence-electron chi connectivity index (χ4n) is 4.03. The summed E-state index contributed by atoms with van der Waals surface area (Å²) in [6, 6.07) is 12.1. The first-order valence-corrected chi connectivity index (χ1v) is 10.5. The van der Waals surface area contributed by atoms with Gasteiger partial charge in [0.1, 0.15) is 11.3 Å². The average molecular weight is 450 g/mol. The first-order chi connectivity index (χ1) is 16.0. The lowest BCUT2D eigenvalue weighted by atomic mass is 10.2. The second kappa shape index (κ2) is 8.38. The Balaban J connectivity index is 1.32. The minimum absolute atomic E-state index is 0.000553. The molecule has 1 aromatic heterocycles. The van der Waals surface area contributed by atoms with Crippen molar-refractivity contribution in [3.8, 4) is 17.2 Å². The number of aromatic amines is 1. The van der Waals surface area contributed by atoms with Gasteiger partial charge in [-0.25, -0.2) is 4.79 Å². The Hall–Kier alpha value is -4.21. The van der Waals surface area contributed by atoms with Crippen molar-refractivity contribution in [3.63, 3.8) is 0 Å². The lowest BCUT2D eigenvalue weighted by Crippen LogP contribution is -2.50. The van der Waals surface area contributed by atoms with Crippen molar-refractivity contribution in [3.05, 3.63) is 80.6 Å². The Labute approximate surface area is 188 Å². The van der Waals surface area contributed by atoms with E-state index in [1.54, 1.807) is 35.2 Å². The highest BCUT2D eigenvalue weighted by molar-refractivity contribution is 5.93. The van der Waals surface area contributed by atoms with Crippen LogP contribution in [0.25, 0.3) is 0 Å². The Morgan fingerprint density at radius 2 is 1.70 bits per heavy atom. The van der Waals surface area contributed by atoms with Crippen LogP contribution in [0.3, 0.4) is 0 Å². The number of hydrogen-bond donors (Lipinski definition) is 2. The molecule has 0 unspecified atom stereocenters. The summed E-state index contributed by atoms with van der Waals surface area (Å²) in [5.74, 6) is 0.940. The van der Waals surface area contributed by atoms with E-state index in [4.69, 9.17) is 9.47 Å². The summed E-state index contributed by atoms with van der Waals surface area (Å²) < 4.78 is 11.7. The number of phenols is 1. The van der Waals surface area contributed by atoms with Crippen LogP contribution in [-0.4, -0.2) is 58.4 Å². The van der Waals surface area contributed by atoms with Gasteiger partial charge in [0, 0.05) is 38.1 Å². The summed E-state index contributed by atoms with van der Waals surface area (Å²) in [6.07, 6.45) is 1.19. The van der Waals surface area contributed by atoms with E-state index in [1.165, 1.54) is 6.20 Å². The normalized spacial score (nSPS) is 15.0. The smallest absolute Gasteiger partial charge is 0.328 e. The van der Waals surface area contributed by atoms with Crippen molar-refractivity contribution in [1.82, 2.24) is 14.5 Å². The fourth-order valence-corrected chi connectivity index (χ4v) is 4.03. The van der Waals surface area contributed by atoms with Crippen molar-refractivity contribution < 1.29 is 19.4 Å². The number of ether oxygens (including phenoxy) is 2. The number of rotatable bonds is 4. The summed E-state index contributed by atoms with van der Waals surface area (Å²) in [5.41, 5.74) is 0.330. The Kier molecular flexibility index (Phi) is 5.25. The van der Waals surface area contributed by atoms with Crippen LogP contribution in [-0.2, 0) is 6.54 Å². The van der Waals surface area contributed by atoms with Crippen molar-refractivity contribution in [2.75, 3.05) is 37.9 Å². The first kappa shape index (κ1) is 20.7. The predicted octanol–water partition coefficient (Wildman–Crippen LogP) is 0.982. The van der Waals surface area contributed by atoms with Crippen molar-refractivity contribution in [2.24, 2.45) is 0 Å². The van der Waals surface area contributed by atoms with Gasteiger partial charge in [0.05, 0.1) is 6.54 Å². The number of phenolic OH excluding ortho intramolecular Hbond substituents is 1. The second-order valence-electron chi connectivity index (χ2n) is 7.88. The van der Waals surface area contributed by atoms with E-state index in [2.05, 4.69) is 9.88 Å². The number of benzene rings is 2. The van der Waals surface area contributed by atoms with Gasteiger partial charge in [-0.05, 0) is 42.0 Å². The van der Waals surface area contributed by atoms with E-state index in [0.717, 1.165) is 10.3 Å². The summed E-state index contributed by atoms with van der Waals surface area (Å²) >= 11 is 0. The summed E-state index contributed by atoms with van der Waals surface area (Å²) in [4.78, 5) is 44.7. The minimum Gasteiger partial charge on any atom is -0.508 e. The van der Waals surface area contributed by atoms with E-state index < -0.39 is 17.2 Å². The molecule has 2 aromatic carbocycles. The molecular weight excluding hydrogens is 428 g/mol. The quantitative estimate of drug-likeness (QED) is 0.609. The van der Waals surface area contributed by atoms with Crippen LogP contribution >= 0.6 is 0 Å². The molecule has 10 nitrogen and oxygen atoms in total. The van der Waals surface area contributed by atoms with Crippen LogP contribution in [0.15, 0.2) is 58.3 Å². The lowest BCUT2D eigenvalue weighted by molar-refractivity contribution is 0.0743. The van der Waals surface area contributed by atoms with Crippen LogP contribution in [0.2, 0.25) is 0 Å². The van der Waals surface area contributed by atoms with E-state index in [-0.39, 0.29) is 24.7 Å². The maximum absolute atomic E-state index is 13.1. The molecule has 0 atom stereocenters. The molecule has 33 heavy (non-hydrogen) atoms. The second-order valence-corrected chi connectivity index (χ2v) is 7.88. The molecule has 1 amide bonds. The van der Waals surface area contributed by atoms with Gasteiger partial charge in [0.25, 0.3) is 11.5 Å². The monoisotopic (exact) mass is 450 g/mol. The van der Waals surface area contributed by atoms with Gasteiger partial charge in [-0.1, -0.05) is 6.07 Å². The zero-order valence-corrected chi connectivity index (χ0v) is 17.7. The Morgan fingerprint density at radius 1 is 0.970 bits per heavy atom. The van der Waals surface area contributed by atoms with Crippen LogP contribution in [0, 0.1) is 0 Å². The molecule has 10 heteroatoms. The number of amides is 1. The number of piperazine rings is 1. The zero-order chi connectivity index (χ0) is 22.9. The van der Waals surface area contributed by atoms with Crippen LogP contribution in [0.1, 0.15) is 15.9 Å². The average Bonchev–Trinajstić information content (AvgIpc) is 3.30. The number of anilines is 1. The molecule has 2 aliphatic rings. The van der Waals surface area contributed by atoms with Crippen molar-refractivity contribution >= 4 is 11.6 Å². The number of aromatic hydroxyl groups is 1. The number of H-pyrrole nitrogens is 1. The molecule has 3 heterocycles. The highest BCUT2D eigenvalue weighted by Crippen LogP contribution is 2.32. The van der Waals surface area contributed by atoms with Gasteiger partial charge in [-0.3, -0.25) is 14.2 Å². The van der Waals surface area contributed by atoms with Crippen molar-refractivity contribution in [2.45, 2.75) is 6.54 Å². The summed E-state index contributed by atoms with van der Waals surface area (Å²) in [5, 5.41) is 9.46. The van der Waals surface area contributed by atoms with E-state index in [9.17, 15) is 19.5 Å². The lowest BCUT2D eigenvalue weighted by Gasteiger charge is -2.36. The third-order valence-corrected chi connectivity index (χ3v) is 5.85. The topological polar surface area (TPSA) is 117 Å². The molecule has 0 bridgehead atoms. The number of fused-ring (bicyclic) bond motifs is 1. The van der Waals surface area contributed by atoms with E-state index in [0.29, 0.717) is 43.2 Å². The largest absolute Gasteiger partial charge is 0.508 e. The molecule has 3 aromatic rings. The van der Waals surface area contributed by atoms with Crippen LogP contribution in [0.4, 0.5) is 5.69 Å². The van der Waals surface area contributed by atoms with Gasteiger partial charge < -0.3 is 29.4 Å². The third kappa shape index (κ3) is 4.02. The van der Waals surface area contributed by atoms with Crippen LogP contribution < -0.4 is 25.6 Å². The molecule has 1 fully saturated rings. The molecule has 5 rings (SSSR count). The van der Waals surface area contributed by atoms with Gasteiger partial charge in [-0.15, -0.1) is 0 Å². The number of carbonyl (C=O) groups excluding carboxylic acids is 1. The SMILES string of the molecule is O=C(c1c[nH]c(=O)n(Cc2ccc3c(c2)OCO3)c1=O)N1CCN(c2ccc(O)cc2)CC1. The molecule has 2 aliphatic heterocycles. The maximum Gasteiger partial charge on any atom is 0.328 e. The standard InChI is InChI=1S/C23H22N4O6/c28-17-4-2-16(3-5-17)25-7-9-26(10-8-25)21(29)18-12-24-23(31)27(22(18)30)13-15-1-6-19-20(11-15)33-14-32-19/h1-6,11-12,28H,7-10,13-14H2,(H,24,31).